The number of nitrogens with one attached hydrogen (secondary N) is 1. The van der Waals surface area contributed by atoms with Crippen LogP contribution in [0.25, 0.3) is 11.3 Å². The lowest BCUT2D eigenvalue weighted by Gasteiger charge is -2.27. The molecule has 240 valence electrons. The van der Waals surface area contributed by atoms with Crippen molar-refractivity contribution < 1.29 is 13.2 Å². The molecule has 2 aliphatic rings. The molecule has 0 atom stereocenters. The van der Waals surface area contributed by atoms with Crippen LogP contribution in [0.5, 0.6) is 0 Å². The number of hydrogen-bond donors (Lipinski definition) is 1. The van der Waals surface area contributed by atoms with Crippen molar-refractivity contribution in [1.82, 2.24) is 19.0 Å². The lowest BCUT2D eigenvalue weighted by atomic mass is 10.0. The Balaban J connectivity index is 1.19. The maximum absolute atomic E-state index is 12.5. The van der Waals surface area contributed by atoms with E-state index in [1.807, 2.05) is 48.5 Å². The van der Waals surface area contributed by atoms with E-state index in [0.29, 0.717) is 30.1 Å². The fourth-order valence-electron chi connectivity index (χ4n) is 6.01. The van der Waals surface area contributed by atoms with Gasteiger partial charge < -0.3 is 10.1 Å². The largest absolute Gasteiger partial charge is 0.385 e. The third-order valence-electron chi connectivity index (χ3n) is 8.57. The lowest BCUT2D eigenvalue weighted by molar-refractivity contribution is 0.0368. The van der Waals surface area contributed by atoms with E-state index in [-0.39, 0.29) is 0 Å². The van der Waals surface area contributed by atoms with Crippen molar-refractivity contribution in [3.8, 4) is 23.1 Å². The predicted octanol–water partition coefficient (Wildman–Crippen LogP) is 5.30. The summed E-state index contributed by atoms with van der Waals surface area (Å²) in [5, 5.41) is 9.09. The van der Waals surface area contributed by atoms with Gasteiger partial charge in [-0.25, -0.2) is 8.42 Å². The highest BCUT2D eigenvalue weighted by atomic mass is 35.5. The van der Waals surface area contributed by atoms with Gasteiger partial charge in [-0.1, -0.05) is 59.8 Å². The van der Waals surface area contributed by atoms with Gasteiger partial charge in [0.1, 0.15) is 0 Å². The zero-order valence-electron chi connectivity index (χ0n) is 26.2. The van der Waals surface area contributed by atoms with Crippen molar-refractivity contribution >= 4 is 27.3 Å². The molecule has 1 fully saturated rings. The Kier molecular flexibility index (Phi) is 10.4. The van der Waals surface area contributed by atoms with Crippen molar-refractivity contribution in [2.45, 2.75) is 32.4 Å². The van der Waals surface area contributed by atoms with Gasteiger partial charge in [-0.15, -0.1) is 0 Å². The average molecular weight is 658 g/mol. The third kappa shape index (κ3) is 8.19. The second kappa shape index (κ2) is 14.8. The fourth-order valence-corrected chi connectivity index (χ4v) is 6.96. The molecule has 10 heteroatoms. The van der Waals surface area contributed by atoms with Crippen LogP contribution in [0.15, 0.2) is 72.8 Å². The molecule has 3 heterocycles. The Morgan fingerprint density at radius 2 is 1.74 bits per heavy atom. The van der Waals surface area contributed by atoms with Crippen molar-refractivity contribution in [2.75, 3.05) is 57.5 Å². The lowest BCUT2D eigenvalue weighted by Crippen LogP contribution is -2.37. The Hall–Kier alpha value is -3.65. The van der Waals surface area contributed by atoms with Crippen molar-refractivity contribution in [2.24, 2.45) is 0 Å². The number of ether oxygens (including phenoxy) is 1. The first-order chi connectivity index (χ1) is 22.3. The van der Waals surface area contributed by atoms with E-state index < -0.39 is 10.0 Å². The zero-order chi connectivity index (χ0) is 31.9. The SMILES string of the molecule is CS(=O)(=O)N1CCc2c(c(-c3ccc(Cl)c(C#Cc4ccc(NCCc5ccccc5)cc4)c3)nn2CCCN2CCOCC2)C1. The number of rotatable bonds is 10. The normalized spacial score (nSPS) is 15.6. The number of hydrogen-bond acceptors (Lipinski definition) is 6. The minimum atomic E-state index is -3.34. The highest BCUT2D eigenvalue weighted by Gasteiger charge is 2.30. The number of anilines is 1. The van der Waals surface area contributed by atoms with E-state index >= 15 is 0 Å². The van der Waals surface area contributed by atoms with Gasteiger partial charge in [0, 0.05) is 85.9 Å². The highest BCUT2D eigenvalue weighted by molar-refractivity contribution is 7.88. The number of halogens is 1. The molecule has 1 N–H and O–H groups in total. The summed E-state index contributed by atoms with van der Waals surface area (Å²) >= 11 is 6.62. The number of aryl methyl sites for hydroxylation is 1. The summed E-state index contributed by atoms with van der Waals surface area (Å²) in [6.07, 6.45) is 3.82. The quantitative estimate of drug-likeness (QED) is 0.233. The molecule has 0 bridgehead atoms. The monoisotopic (exact) mass is 657 g/mol. The Labute approximate surface area is 277 Å². The topological polar surface area (TPSA) is 79.7 Å². The van der Waals surface area contributed by atoms with Gasteiger partial charge in [-0.3, -0.25) is 9.58 Å². The second-order valence-corrected chi connectivity index (χ2v) is 14.2. The number of sulfonamides is 1. The van der Waals surface area contributed by atoms with Crippen LogP contribution in [0.4, 0.5) is 5.69 Å². The number of morpholine rings is 1. The van der Waals surface area contributed by atoms with Crippen LogP contribution < -0.4 is 5.32 Å². The van der Waals surface area contributed by atoms with Gasteiger partial charge in [0.2, 0.25) is 10.0 Å². The summed E-state index contributed by atoms with van der Waals surface area (Å²) in [5.74, 6) is 6.51. The first-order valence-electron chi connectivity index (χ1n) is 15.9. The van der Waals surface area contributed by atoms with E-state index in [1.165, 1.54) is 16.1 Å². The van der Waals surface area contributed by atoms with Crippen LogP contribution in [-0.2, 0) is 40.7 Å². The molecule has 0 saturated carbocycles. The van der Waals surface area contributed by atoms with Gasteiger partial charge >= 0.3 is 0 Å². The van der Waals surface area contributed by atoms with Crippen molar-refractivity contribution in [3.05, 3.63) is 106 Å². The number of benzene rings is 3. The van der Waals surface area contributed by atoms with Crippen LogP contribution in [0.3, 0.4) is 0 Å². The zero-order valence-corrected chi connectivity index (χ0v) is 27.8. The molecule has 0 spiro atoms. The van der Waals surface area contributed by atoms with E-state index in [1.54, 1.807) is 0 Å². The van der Waals surface area contributed by atoms with Gasteiger partial charge in [-0.05, 0) is 54.8 Å². The molecule has 6 rings (SSSR count). The van der Waals surface area contributed by atoms with Crippen LogP contribution >= 0.6 is 11.6 Å². The molecule has 4 aromatic rings. The van der Waals surface area contributed by atoms with Gasteiger partial charge in [0.05, 0.1) is 30.2 Å². The molecular formula is C36H40ClN5O3S. The number of fused-ring (bicyclic) bond motifs is 1. The molecule has 1 aromatic heterocycles. The number of nitrogens with zero attached hydrogens (tertiary/aromatic N) is 4. The molecule has 0 unspecified atom stereocenters. The first kappa shape index (κ1) is 32.3. The van der Waals surface area contributed by atoms with E-state index in [9.17, 15) is 8.42 Å². The second-order valence-electron chi connectivity index (χ2n) is 11.8. The maximum atomic E-state index is 12.5. The smallest absolute Gasteiger partial charge is 0.211 e. The summed E-state index contributed by atoms with van der Waals surface area (Å²) < 4.78 is 34.1. The first-order valence-corrected chi connectivity index (χ1v) is 18.1. The van der Waals surface area contributed by atoms with E-state index in [4.69, 9.17) is 21.4 Å². The molecular weight excluding hydrogens is 618 g/mol. The van der Waals surface area contributed by atoms with Crippen molar-refractivity contribution in [1.29, 1.82) is 0 Å². The van der Waals surface area contributed by atoms with Crippen LogP contribution in [0.1, 0.15) is 34.4 Å². The molecule has 2 aliphatic heterocycles. The van der Waals surface area contributed by atoms with Gasteiger partial charge in [-0.2, -0.15) is 9.40 Å². The Morgan fingerprint density at radius 3 is 2.50 bits per heavy atom. The molecule has 0 amide bonds. The molecule has 46 heavy (non-hydrogen) atoms. The molecule has 0 aliphatic carbocycles. The van der Waals surface area contributed by atoms with Gasteiger partial charge in [0.15, 0.2) is 0 Å². The van der Waals surface area contributed by atoms with Crippen molar-refractivity contribution in [3.63, 3.8) is 0 Å². The highest BCUT2D eigenvalue weighted by Crippen LogP contribution is 2.33. The molecule has 3 aromatic carbocycles. The molecule has 0 radical (unpaired) electrons. The van der Waals surface area contributed by atoms with E-state index in [0.717, 1.165) is 92.5 Å². The average Bonchev–Trinajstić information content (AvgIpc) is 3.43. The molecule has 8 nitrogen and oxygen atoms in total. The van der Waals surface area contributed by atoms with Crippen LogP contribution in [0, 0.1) is 11.8 Å². The minimum Gasteiger partial charge on any atom is -0.385 e. The minimum absolute atomic E-state index is 0.308. The molecule has 1 saturated heterocycles. The third-order valence-corrected chi connectivity index (χ3v) is 10.1. The Morgan fingerprint density at radius 1 is 0.957 bits per heavy atom. The summed E-state index contributed by atoms with van der Waals surface area (Å²) in [4.78, 5) is 2.42. The van der Waals surface area contributed by atoms with Gasteiger partial charge in [0.25, 0.3) is 0 Å². The van der Waals surface area contributed by atoms with E-state index in [2.05, 4.69) is 51.0 Å². The van der Waals surface area contributed by atoms with Crippen LogP contribution in [0.2, 0.25) is 5.02 Å². The number of aromatic nitrogens is 2. The summed E-state index contributed by atoms with van der Waals surface area (Å²) in [6, 6.07) is 24.3. The maximum Gasteiger partial charge on any atom is 0.211 e. The predicted molar refractivity (Wildman–Crippen MR) is 185 cm³/mol. The standard InChI is InChI=1S/C36H40ClN5O3S/c1-46(43,44)41-21-17-35-33(27-41)36(39-42(35)20-5-19-40-22-24-45-25-23-40)31-12-15-34(37)30(26-31)11-8-29-9-13-32(14-10-29)38-18-16-28-6-3-2-4-7-28/h2-4,6-7,9-10,12-15,26,38H,5,16-25,27H2,1H3. The summed E-state index contributed by atoms with van der Waals surface area (Å²) in [5.41, 5.74) is 7.69. The fraction of sp³-hybridized carbons (Fsp3) is 0.361. The Bertz CT molecular complexity index is 1810. The summed E-state index contributed by atoms with van der Waals surface area (Å²) in [7, 11) is -3.34. The van der Waals surface area contributed by atoms with Crippen LogP contribution in [-0.4, -0.2) is 79.6 Å². The summed E-state index contributed by atoms with van der Waals surface area (Å²) in [6.45, 7) is 6.84.